The van der Waals surface area contributed by atoms with Gasteiger partial charge in [-0.1, -0.05) is 0 Å². The molecule has 27 heteroatoms. The number of hydrogen-bond donors (Lipinski definition) is 4. The van der Waals surface area contributed by atoms with Crippen molar-refractivity contribution < 1.29 is 42.9 Å². The fourth-order valence-electron chi connectivity index (χ4n) is 13.2. The van der Waals surface area contributed by atoms with Gasteiger partial charge in [0.1, 0.15) is 41.2 Å². The Morgan fingerprint density at radius 3 is 1.11 bits per heavy atom. The third-order valence-corrected chi connectivity index (χ3v) is 21.7. The van der Waals surface area contributed by atoms with Gasteiger partial charge in [-0.05, 0) is 114 Å². The highest BCUT2D eigenvalue weighted by Gasteiger charge is 2.33. The number of carbonyl (C=O) groups excluding carboxylic acids is 5. The van der Waals surface area contributed by atoms with Crippen molar-refractivity contribution in [1.29, 1.82) is 0 Å². The average Bonchev–Trinajstić information content (AvgIpc) is 1.56. The molecule has 15 rings (SSSR count). The molecule has 0 spiro atoms. The summed E-state index contributed by atoms with van der Waals surface area (Å²) in [4.78, 5) is 96.9. The largest absolute Gasteiger partial charge is 0.489 e. The molecular weight excluding hydrogens is 1330 g/mol. The number of ether oxygens (including phenoxy) is 4. The number of aromatic nitrogens is 6. The lowest BCUT2D eigenvalue weighted by Gasteiger charge is -2.36. The second-order valence-electron chi connectivity index (χ2n) is 27.2. The first-order valence-corrected chi connectivity index (χ1v) is 37.0. The quantitative estimate of drug-likeness (QED) is 0.0744. The van der Waals surface area contributed by atoms with Crippen LogP contribution in [0.4, 0.5) is 21.9 Å². The van der Waals surface area contributed by atoms with Crippen molar-refractivity contribution in [3.63, 3.8) is 0 Å². The lowest BCUT2D eigenvalue weighted by molar-refractivity contribution is -0.129. The zero-order chi connectivity index (χ0) is 69.6. The molecule has 24 nitrogen and oxygen atoms in total. The number of fused-ring (bicyclic) bond motifs is 3. The predicted octanol–water partition coefficient (Wildman–Crippen LogP) is 9.92. The monoisotopic (exact) mass is 1410 g/mol. The minimum absolute atomic E-state index is 0.0625. The highest BCUT2D eigenvalue weighted by molar-refractivity contribution is 7.17. The van der Waals surface area contributed by atoms with E-state index in [1.54, 1.807) is 45.8 Å². The molecule has 6 aliphatic rings. The second kappa shape index (κ2) is 30.7. The molecule has 100 heavy (non-hydrogen) atoms. The van der Waals surface area contributed by atoms with Crippen LogP contribution in [0.2, 0.25) is 0 Å². The normalized spacial score (nSPS) is 19.6. The number of nitrogens with zero attached hydrogens (tertiary/aromatic N) is 11. The summed E-state index contributed by atoms with van der Waals surface area (Å²) < 4.78 is 27.6. The van der Waals surface area contributed by atoms with Gasteiger partial charge in [0, 0.05) is 159 Å². The molecule has 4 N–H and O–H groups in total. The van der Waals surface area contributed by atoms with Crippen LogP contribution in [0.5, 0.6) is 17.2 Å². The van der Waals surface area contributed by atoms with Crippen molar-refractivity contribution in [2.24, 2.45) is 17.8 Å². The first-order valence-electron chi connectivity index (χ1n) is 34.3. The molecule has 6 fully saturated rings. The number of hydrogen-bond acceptors (Lipinski definition) is 22. The second-order valence-corrected chi connectivity index (χ2v) is 29.8. The zero-order valence-corrected chi connectivity index (χ0v) is 59.9. The molecule has 0 bridgehead atoms. The standard InChI is InChI=1S/C27H33N5O4S.C24H27N5O3S.C22H25N5O2S/c1-17(19-13-24(33)29-14-19)35-23-12-18(11-22-25(23)37-16-30-22)21-6-5-20(15-28-21)31-7-9-32(10-8-31)26(34)36-27(2,3)4;1-15(18-11-23(31)26-12-18)32-22-10-17(9-21-24(22)33-14-27-21)20-4-3-19(13-25-20)29-7-5-28(6-8-29)16(2)30;1-14(16-10-21(28)25-11-16)29-20-9-15(8-19-22(20)30-13-26-19)18-3-2-17(12-24-18)27-6-4-23-5-7-27/h5-6,11-12,15-17,19H,7-10,13-14H2,1-4H3,(H,29,33);3-4,9-10,13-15,18H,5-8,11-12H2,1-2H3,(H,26,31);2-3,8-9,12-14,16,23H,4-7,10-11H2,1H3,(H,25,28)/t17-,19-;15-,18-;14-,16-/m111/s1. The molecule has 5 amide bonds. The smallest absolute Gasteiger partial charge is 0.410 e. The van der Waals surface area contributed by atoms with Gasteiger partial charge < -0.3 is 64.7 Å². The highest BCUT2D eigenvalue weighted by atomic mass is 32.1. The van der Waals surface area contributed by atoms with Crippen molar-refractivity contribution in [3.05, 3.63) is 108 Å². The molecule has 6 aliphatic heterocycles. The Hall–Kier alpha value is -9.31. The molecule has 6 saturated heterocycles. The van der Waals surface area contributed by atoms with Crippen molar-refractivity contribution in [2.45, 2.75) is 91.6 Å². The van der Waals surface area contributed by atoms with E-state index in [9.17, 15) is 24.0 Å². The molecule has 524 valence electrons. The van der Waals surface area contributed by atoms with E-state index in [4.69, 9.17) is 33.9 Å². The van der Waals surface area contributed by atoms with Gasteiger partial charge in [0.05, 0.1) is 99.9 Å². The first kappa shape index (κ1) is 69.2. The molecule has 0 radical (unpaired) electrons. The number of thiazole rings is 3. The minimum Gasteiger partial charge on any atom is -0.489 e. The molecule has 0 aliphatic carbocycles. The SMILES string of the molecule is CC(=O)N1CCN(c2ccc(-c3cc(O[C@H](C)[C@H]4CNC(=O)C4)c4scnc4c3)nc2)CC1.C[C@@H](Oc1cc(-c2ccc(N3CCN(C(=O)OC(C)(C)C)CC3)cn2)cc2ncsc12)[C@H]1CNC(=O)C1.C[C@@H](Oc1cc(-c2ccc(N3CCNCC3)cn2)cc2ncsc12)[C@H]1CNC(=O)C1. The molecule has 9 aromatic rings. The van der Waals surface area contributed by atoms with Crippen LogP contribution in [-0.4, -0.2) is 192 Å². The van der Waals surface area contributed by atoms with Crippen LogP contribution in [0.15, 0.2) is 108 Å². The summed E-state index contributed by atoms with van der Waals surface area (Å²) in [6, 6.07) is 24.6. The van der Waals surface area contributed by atoms with Crippen LogP contribution < -0.4 is 50.2 Å². The molecule has 0 saturated carbocycles. The maximum absolute atomic E-state index is 12.4. The Balaban J connectivity index is 0.000000135. The minimum atomic E-state index is -0.495. The number of piperazine rings is 3. The number of amides is 5. The van der Waals surface area contributed by atoms with Crippen molar-refractivity contribution >= 4 is 111 Å². The van der Waals surface area contributed by atoms with E-state index < -0.39 is 5.60 Å². The lowest BCUT2D eigenvalue weighted by atomic mass is 10.0. The average molecular weight is 1410 g/mol. The van der Waals surface area contributed by atoms with E-state index in [-0.39, 0.29) is 65.8 Å². The van der Waals surface area contributed by atoms with Crippen LogP contribution >= 0.6 is 34.0 Å². The summed E-state index contributed by atoms with van der Waals surface area (Å²) in [5.41, 5.74) is 16.3. The van der Waals surface area contributed by atoms with Gasteiger partial charge in [-0.2, -0.15) is 0 Å². The van der Waals surface area contributed by atoms with Crippen molar-refractivity contribution in [2.75, 3.05) is 113 Å². The van der Waals surface area contributed by atoms with Crippen molar-refractivity contribution in [3.8, 4) is 51.0 Å². The predicted molar refractivity (Wildman–Crippen MR) is 392 cm³/mol. The topological polar surface area (TPSA) is 264 Å². The van der Waals surface area contributed by atoms with E-state index in [0.717, 1.165) is 164 Å². The van der Waals surface area contributed by atoms with E-state index in [0.29, 0.717) is 52.0 Å². The Kier molecular flexibility index (Phi) is 21.2. The summed E-state index contributed by atoms with van der Waals surface area (Å²) >= 11 is 4.67. The number of anilines is 3. The molecule has 12 heterocycles. The summed E-state index contributed by atoms with van der Waals surface area (Å²) in [7, 11) is 0. The van der Waals surface area contributed by atoms with Gasteiger partial charge in [0.25, 0.3) is 0 Å². The first-order chi connectivity index (χ1) is 48.3. The van der Waals surface area contributed by atoms with E-state index >= 15 is 0 Å². The Morgan fingerprint density at radius 1 is 0.470 bits per heavy atom. The lowest BCUT2D eigenvalue weighted by Crippen LogP contribution is -2.50. The van der Waals surface area contributed by atoms with Crippen LogP contribution in [0.1, 0.15) is 67.7 Å². The summed E-state index contributed by atoms with van der Waals surface area (Å²) in [5, 5.41) is 12.0. The van der Waals surface area contributed by atoms with Crippen molar-refractivity contribution in [1.82, 2.24) is 61.0 Å². The molecule has 6 aromatic heterocycles. The molecule has 3 aromatic carbocycles. The van der Waals surface area contributed by atoms with Gasteiger partial charge >= 0.3 is 6.09 Å². The number of pyridine rings is 3. The van der Waals surface area contributed by atoms with Gasteiger partial charge in [0.2, 0.25) is 23.6 Å². The number of benzene rings is 3. The van der Waals surface area contributed by atoms with Gasteiger partial charge in [0.15, 0.2) is 0 Å². The third-order valence-electron chi connectivity index (χ3n) is 19.1. The van der Waals surface area contributed by atoms with E-state index in [1.807, 2.05) is 124 Å². The Labute approximate surface area is 593 Å². The fourth-order valence-corrected chi connectivity index (χ4v) is 15.4. The molecule has 0 unspecified atom stereocenters. The Bertz CT molecular complexity index is 4370. The number of rotatable bonds is 15. The Morgan fingerprint density at radius 2 is 0.810 bits per heavy atom. The maximum Gasteiger partial charge on any atom is 0.410 e. The maximum atomic E-state index is 12.4. The van der Waals surface area contributed by atoms with Gasteiger partial charge in [-0.3, -0.25) is 34.1 Å². The fraction of sp³-hybridized carbons (Fsp3) is 0.438. The van der Waals surface area contributed by atoms with Gasteiger partial charge in [-0.25, -0.2) is 19.7 Å². The third kappa shape index (κ3) is 16.6. The number of carbonyl (C=O) groups is 5. The highest BCUT2D eigenvalue weighted by Crippen LogP contribution is 2.40. The summed E-state index contributed by atoms with van der Waals surface area (Å²) in [5.74, 6) is 3.23. The molecule has 6 atom stereocenters. The van der Waals surface area contributed by atoms with Crippen LogP contribution in [0.3, 0.4) is 0 Å². The van der Waals surface area contributed by atoms with E-state index in [2.05, 4.69) is 81.3 Å². The zero-order valence-electron chi connectivity index (χ0n) is 57.4. The summed E-state index contributed by atoms with van der Waals surface area (Å²) in [6.45, 7) is 25.0. The molecular formula is C73H85N15O9S3. The number of nitrogens with one attached hydrogen (secondary N) is 4. The van der Waals surface area contributed by atoms with Gasteiger partial charge in [-0.15, -0.1) is 34.0 Å². The summed E-state index contributed by atoms with van der Waals surface area (Å²) in [6.07, 6.45) is 6.70. The van der Waals surface area contributed by atoms with E-state index in [1.165, 1.54) is 0 Å². The van der Waals surface area contributed by atoms with Crippen LogP contribution in [0, 0.1) is 17.8 Å². The van der Waals surface area contributed by atoms with Crippen LogP contribution in [0.25, 0.3) is 64.4 Å². The van der Waals surface area contributed by atoms with Crippen LogP contribution in [-0.2, 0) is 23.9 Å².